The fraction of sp³-hybridized carbons (Fsp3) is 0.294. The van der Waals surface area contributed by atoms with Crippen LogP contribution in [-0.2, 0) is 21.4 Å². The number of benzene rings is 1. The molecule has 0 spiro atoms. The van der Waals surface area contributed by atoms with E-state index in [1.54, 1.807) is 18.5 Å². The molecule has 0 aliphatic carbocycles. The summed E-state index contributed by atoms with van der Waals surface area (Å²) in [6, 6.07) is 6.92. The van der Waals surface area contributed by atoms with E-state index in [0.717, 1.165) is 5.56 Å². The molecule has 2 N–H and O–H groups in total. The number of carbonyl (C=O) groups excluding carboxylic acids is 1. The van der Waals surface area contributed by atoms with Crippen molar-refractivity contribution in [2.75, 3.05) is 14.2 Å². The molecule has 0 unspecified atom stereocenters. The molecule has 1 amide bonds. The van der Waals surface area contributed by atoms with Gasteiger partial charge in [-0.15, -0.1) is 0 Å². The number of pyridine rings is 1. The SMILES string of the molecule is COc1ccc(S(=O)(=O)N[C@@H](C)C(=O)NCc2cccnc2)c(OC)c1. The molecule has 140 valence electrons. The lowest BCUT2D eigenvalue weighted by molar-refractivity contribution is -0.122. The van der Waals surface area contributed by atoms with Gasteiger partial charge in [0.1, 0.15) is 16.4 Å². The first-order valence-corrected chi connectivity index (χ1v) is 9.26. The fourth-order valence-electron chi connectivity index (χ4n) is 2.19. The van der Waals surface area contributed by atoms with E-state index in [1.807, 2.05) is 6.07 Å². The number of amides is 1. The number of carbonyl (C=O) groups is 1. The minimum absolute atomic E-state index is 0.0762. The van der Waals surface area contributed by atoms with E-state index in [2.05, 4.69) is 15.0 Å². The lowest BCUT2D eigenvalue weighted by atomic mass is 10.2. The standard InChI is InChI=1S/C17H21N3O5S/c1-12(17(21)19-11-13-5-4-8-18-10-13)20-26(22,23)16-7-6-14(24-2)9-15(16)25-3/h4-10,12,20H,11H2,1-3H3,(H,19,21)/t12-/m0/s1. The first-order valence-electron chi connectivity index (χ1n) is 7.78. The summed E-state index contributed by atoms with van der Waals surface area (Å²) in [7, 11) is -1.13. The van der Waals surface area contributed by atoms with E-state index in [0.29, 0.717) is 5.75 Å². The maximum Gasteiger partial charge on any atom is 0.244 e. The van der Waals surface area contributed by atoms with Crippen LogP contribution < -0.4 is 19.5 Å². The Morgan fingerprint density at radius 2 is 2.00 bits per heavy atom. The quantitative estimate of drug-likeness (QED) is 0.711. The van der Waals surface area contributed by atoms with Crippen LogP contribution >= 0.6 is 0 Å². The minimum atomic E-state index is -3.96. The largest absolute Gasteiger partial charge is 0.497 e. The topological polar surface area (TPSA) is 107 Å². The van der Waals surface area contributed by atoms with Gasteiger partial charge in [0.15, 0.2) is 0 Å². The monoisotopic (exact) mass is 379 g/mol. The average molecular weight is 379 g/mol. The highest BCUT2D eigenvalue weighted by molar-refractivity contribution is 7.89. The number of hydrogen-bond donors (Lipinski definition) is 2. The molecule has 0 saturated carbocycles. The average Bonchev–Trinajstić information content (AvgIpc) is 2.65. The molecule has 1 aromatic heterocycles. The lowest BCUT2D eigenvalue weighted by Crippen LogP contribution is -2.44. The first kappa shape index (κ1) is 19.7. The second-order valence-electron chi connectivity index (χ2n) is 5.44. The number of hydrogen-bond acceptors (Lipinski definition) is 6. The molecule has 9 heteroatoms. The fourth-order valence-corrected chi connectivity index (χ4v) is 3.55. The van der Waals surface area contributed by atoms with E-state index in [9.17, 15) is 13.2 Å². The highest BCUT2D eigenvalue weighted by Crippen LogP contribution is 2.28. The normalized spacial score (nSPS) is 12.3. The third-order valence-corrected chi connectivity index (χ3v) is 5.16. The molecule has 0 aliphatic heterocycles. The number of nitrogens with one attached hydrogen (secondary N) is 2. The van der Waals surface area contributed by atoms with Crippen LogP contribution in [0.4, 0.5) is 0 Å². The molecule has 1 heterocycles. The summed E-state index contributed by atoms with van der Waals surface area (Å²) in [4.78, 5) is 16.0. The Kier molecular flexibility index (Phi) is 6.53. The zero-order valence-electron chi connectivity index (χ0n) is 14.7. The third kappa shape index (κ3) is 4.93. The highest BCUT2D eigenvalue weighted by Gasteiger charge is 2.25. The van der Waals surface area contributed by atoms with Gasteiger partial charge in [0.25, 0.3) is 0 Å². The molecule has 2 aromatic rings. The van der Waals surface area contributed by atoms with Crippen LogP contribution in [0.5, 0.6) is 11.5 Å². The van der Waals surface area contributed by atoms with E-state index in [-0.39, 0.29) is 17.2 Å². The van der Waals surface area contributed by atoms with Crippen molar-refractivity contribution in [2.45, 2.75) is 24.4 Å². The van der Waals surface area contributed by atoms with Crippen LogP contribution in [0.3, 0.4) is 0 Å². The van der Waals surface area contributed by atoms with Gasteiger partial charge in [0.2, 0.25) is 15.9 Å². The number of rotatable bonds is 8. The van der Waals surface area contributed by atoms with E-state index in [1.165, 1.54) is 39.3 Å². The Hall–Kier alpha value is -2.65. The van der Waals surface area contributed by atoms with Crippen molar-refractivity contribution >= 4 is 15.9 Å². The van der Waals surface area contributed by atoms with Crippen LogP contribution in [-0.4, -0.2) is 39.6 Å². The molecule has 0 aliphatic rings. The van der Waals surface area contributed by atoms with Crippen molar-refractivity contribution in [1.82, 2.24) is 15.0 Å². The Bertz CT molecular complexity index is 856. The lowest BCUT2D eigenvalue weighted by Gasteiger charge is -2.16. The second kappa shape index (κ2) is 8.63. The molecule has 26 heavy (non-hydrogen) atoms. The Morgan fingerprint density at radius 3 is 2.62 bits per heavy atom. The molecular weight excluding hydrogens is 358 g/mol. The molecule has 8 nitrogen and oxygen atoms in total. The number of nitrogens with zero attached hydrogens (tertiary/aromatic N) is 1. The van der Waals surface area contributed by atoms with Gasteiger partial charge in [-0.25, -0.2) is 8.42 Å². The van der Waals surface area contributed by atoms with Gasteiger partial charge in [-0.2, -0.15) is 4.72 Å². The molecule has 1 aromatic carbocycles. The van der Waals surface area contributed by atoms with E-state index >= 15 is 0 Å². The summed E-state index contributed by atoms with van der Waals surface area (Å²) in [6.45, 7) is 1.72. The second-order valence-corrected chi connectivity index (χ2v) is 7.12. The van der Waals surface area contributed by atoms with Crippen molar-refractivity contribution in [1.29, 1.82) is 0 Å². The summed E-state index contributed by atoms with van der Waals surface area (Å²) in [5.74, 6) is 0.132. The minimum Gasteiger partial charge on any atom is -0.497 e. The van der Waals surface area contributed by atoms with Crippen LogP contribution in [0.25, 0.3) is 0 Å². The predicted octanol–water partition coefficient (Wildman–Crippen LogP) is 1.08. The van der Waals surface area contributed by atoms with Gasteiger partial charge in [-0.05, 0) is 30.7 Å². The summed E-state index contributed by atoms with van der Waals surface area (Å²) < 4.78 is 37.7. The Labute approximate surface area is 152 Å². The zero-order valence-corrected chi connectivity index (χ0v) is 15.5. The van der Waals surface area contributed by atoms with Crippen molar-refractivity contribution in [3.05, 3.63) is 48.3 Å². The molecule has 0 radical (unpaired) electrons. The van der Waals surface area contributed by atoms with Crippen molar-refractivity contribution in [2.24, 2.45) is 0 Å². The molecule has 0 fully saturated rings. The molecule has 1 atom stereocenters. The zero-order chi connectivity index (χ0) is 19.2. The number of aromatic nitrogens is 1. The van der Waals surface area contributed by atoms with Crippen molar-refractivity contribution in [3.63, 3.8) is 0 Å². The Morgan fingerprint density at radius 1 is 1.23 bits per heavy atom. The third-order valence-electron chi connectivity index (χ3n) is 3.58. The van der Waals surface area contributed by atoms with Crippen LogP contribution in [0.2, 0.25) is 0 Å². The first-order chi connectivity index (χ1) is 12.4. The van der Waals surface area contributed by atoms with Crippen LogP contribution in [0.15, 0.2) is 47.6 Å². The summed E-state index contributed by atoms with van der Waals surface area (Å²) in [5, 5.41) is 2.66. The summed E-state index contributed by atoms with van der Waals surface area (Å²) in [6.07, 6.45) is 3.25. The number of methoxy groups -OCH3 is 2. The summed E-state index contributed by atoms with van der Waals surface area (Å²) in [5.41, 5.74) is 0.813. The van der Waals surface area contributed by atoms with E-state index in [4.69, 9.17) is 9.47 Å². The molecule has 0 saturated heterocycles. The van der Waals surface area contributed by atoms with Gasteiger partial charge in [0, 0.05) is 25.0 Å². The molecule has 0 bridgehead atoms. The summed E-state index contributed by atoms with van der Waals surface area (Å²) >= 11 is 0. The number of sulfonamides is 1. The van der Waals surface area contributed by atoms with Gasteiger partial charge in [-0.1, -0.05) is 6.07 Å². The smallest absolute Gasteiger partial charge is 0.244 e. The van der Waals surface area contributed by atoms with Gasteiger partial charge in [-0.3, -0.25) is 9.78 Å². The van der Waals surface area contributed by atoms with Gasteiger partial charge in [0.05, 0.1) is 20.3 Å². The maximum atomic E-state index is 12.6. The molecule has 2 rings (SSSR count). The molecular formula is C17H21N3O5S. The van der Waals surface area contributed by atoms with Gasteiger partial charge < -0.3 is 14.8 Å². The number of ether oxygens (including phenoxy) is 2. The highest BCUT2D eigenvalue weighted by atomic mass is 32.2. The van der Waals surface area contributed by atoms with Crippen molar-refractivity contribution < 1.29 is 22.7 Å². The van der Waals surface area contributed by atoms with E-state index < -0.39 is 22.0 Å². The Balaban J connectivity index is 2.07. The van der Waals surface area contributed by atoms with Gasteiger partial charge >= 0.3 is 0 Å². The maximum absolute atomic E-state index is 12.6. The predicted molar refractivity (Wildman–Crippen MR) is 95.4 cm³/mol. The van der Waals surface area contributed by atoms with Crippen molar-refractivity contribution in [3.8, 4) is 11.5 Å². The van der Waals surface area contributed by atoms with Crippen LogP contribution in [0, 0.1) is 0 Å². The van der Waals surface area contributed by atoms with Crippen LogP contribution in [0.1, 0.15) is 12.5 Å².